The van der Waals surface area contributed by atoms with E-state index in [4.69, 9.17) is 28.8 Å². The summed E-state index contributed by atoms with van der Waals surface area (Å²) in [7, 11) is 7.78. The van der Waals surface area contributed by atoms with Crippen molar-refractivity contribution in [3.05, 3.63) is 48.0 Å². The summed E-state index contributed by atoms with van der Waals surface area (Å²) < 4.78 is 26.1. The third kappa shape index (κ3) is 6.41. The van der Waals surface area contributed by atoms with Gasteiger partial charge < -0.3 is 23.7 Å². The van der Waals surface area contributed by atoms with Gasteiger partial charge in [0.25, 0.3) is 0 Å². The lowest BCUT2D eigenvalue weighted by molar-refractivity contribution is -0.141. The lowest BCUT2D eigenvalue weighted by Crippen LogP contribution is -2.42. The molecule has 35 heavy (non-hydrogen) atoms. The second-order valence-corrected chi connectivity index (χ2v) is 9.57. The largest absolute Gasteiger partial charge is 0.493 e. The molecule has 0 saturated carbocycles. The van der Waals surface area contributed by atoms with Crippen molar-refractivity contribution in [2.45, 2.75) is 34.9 Å². The number of nitrogens with zero attached hydrogens (tertiary/aromatic N) is 2. The summed E-state index contributed by atoms with van der Waals surface area (Å²) in [6.07, 6.45) is 4.03. The Labute approximate surface area is 211 Å². The number of carbonyl (C=O) groups excluding carboxylic acids is 1. The van der Waals surface area contributed by atoms with Gasteiger partial charge in [-0.15, -0.1) is 11.8 Å². The van der Waals surface area contributed by atoms with E-state index in [9.17, 15) is 4.79 Å². The molecular weight excluding hydrogens is 468 g/mol. The van der Waals surface area contributed by atoms with E-state index in [-0.39, 0.29) is 6.04 Å². The summed E-state index contributed by atoms with van der Waals surface area (Å²) in [6, 6.07) is 13.6. The van der Waals surface area contributed by atoms with Crippen LogP contribution in [0.4, 0.5) is 0 Å². The van der Waals surface area contributed by atoms with Crippen LogP contribution in [-0.4, -0.2) is 76.7 Å². The van der Waals surface area contributed by atoms with Crippen molar-refractivity contribution >= 4 is 23.9 Å². The Morgan fingerprint density at radius 1 is 1.09 bits per heavy atom. The van der Waals surface area contributed by atoms with Crippen molar-refractivity contribution in [3.63, 3.8) is 0 Å². The summed E-state index contributed by atoms with van der Waals surface area (Å²) in [5, 5.41) is 6.80. The molecule has 0 N–H and O–H groups in total. The summed E-state index contributed by atoms with van der Waals surface area (Å²) in [5.74, 6) is 1.13. The number of benzene rings is 2. The van der Waals surface area contributed by atoms with Crippen LogP contribution >= 0.6 is 11.8 Å². The Morgan fingerprint density at radius 3 is 2.34 bits per heavy atom. The Bertz CT molecular complexity index is 978. The van der Waals surface area contributed by atoms with Gasteiger partial charge in [0.2, 0.25) is 5.75 Å². The molecule has 0 unspecified atom stereocenters. The quantitative estimate of drug-likeness (QED) is 0.244. The third-order valence-electron chi connectivity index (χ3n) is 5.89. The van der Waals surface area contributed by atoms with Gasteiger partial charge in [0.1, 0.15) is 0 Å². The molecule has 2 aromatic rings. The Kier molecular flexibility index (Phi) is 9.68. The van der Waals surface area contributed by atoms with E-state index in [0.29, 0.717) is 30.3 Å². The number of hydrogen-bond acceptors (Lipinski definition) is 9. The molecule has 3 rings (SSSR count). The molecule has 0 aliphatic carbocycles. The molecule has 2 aromatic carbocycles. The van der Waals surface area contributed by atoms with Gasteiger partial charge in [0, 0.05) is 25.0 Å². The second-order valence-electron chi connectivity index (χ2n) is 8.17. The third-order valence-corrected chi connectivity index (χ3v) is 7.17. The van der Waals surface area contributed by atoms with Crippen LogP contribution in [0.1, 0.15) is 18.4 Å². The molecule has 1 aliphatic heterocycles. The Balaban J connectivity index is 2.07. The molecule has 0 radical (unpaired) electrons. The molecule has 8 nitrogen and oxygen atoms in total. The minimum absolute atomic E-state index is 0.175. The highest BCUT2D eigenvalue weighted by molar-refractivity contribution is 8.02. The van der Waals surface area contributed by atoms with Gasteiger partial charge in [0.15, 0.2) is 16.2 Å². The highest BCUT2D eigenvalue weighted by Crippen LogP contribution is 2.42. The monoisotopic (exact) mass is 502 g/mol. The Morgan fingerprint density at radius 2 is 1.77 bits per heavy atom. The highest BCUT2D eigenvalue weighted by atomic mass is 32.2. The second kappa shape index (κ2) is 12.7. The fourth-order valence-electron chi connectivity index (χ4n) is 4.19. The zero-order valence-electron chi connectivity index (χ0n) is 21.0. The predicted octanol–water partition coefficient (Wildman–Crippen LogP) is 4.06. The normalized spacial score (nSPS) is 17.3. The van der Waals surface area contributed by atoms with E-state index in [1.807, 2.05) is 47.5 Å². The first kappa shape index (κ1) is 26.7. The van der Waals surface area contributed by atoms with E-state index in [1.54, 1.807) is 34.7 Å². The number of carbonyl (C=O) groups is 1. The molecule has 0 aromatic heterocycles. The van der Waals surface area contributed by atoms with Crippen molar-refractivity contribution in [1.29, 1.82) is 0 Å². The van der Waals surface area contributed by atoms with Crippen molar-refractivity contribution < 1.29 is 28.5 Å². The predicted molar refractivity (Wildman–Crippen MR) is 137 cm³/mol. The molecule has 0 spiro atoms. The maximum absolute atomic E-state index is 13.4. The van der Waals surface area contributed by atoms with E-state index in [1.165, 1.54) is 18.9 Å². The summed E-state index contributed by atoms with van der Waals surface area (Å²) >= 11 is 1.40. The van der Waals surface area contributed by atoms with Crippen LogP contribution in [0.15, 0.2) is 52.5 Å². The smallest absolute Gasteiger partial charge is 0.328 e. The molecule has 1 saturated heterocycles. The first-order valence-electron chi connectivity index (χ1n) is 11.4. The molecule has 1 heterocycles. The fourth-order valence-corrected chi connectivity index (χ4v) is 5.41. The van der Waals surface area contributed by atoms with Gasteiger partial charge in [-0.25, -0.2) is 0 Å². The number of methoxy groups -OCH3 is 5. The molecule has 9 heteroatoms. The molecule has 1 fully saturated rings. The number of esters is 1. The van der Waals surface area contributed by atoms with Crippen LogP contribution < -0.4 is 14.2 Å². The fraction of sp³-hybridized carbons (Fsp3) is 0.462. The molecule has 0 amide bonds. The van der Waals surface area contributed by atoms with Crippen LogP contribution in [0.25, 0.3) is 0 Å². The number of thioether (sulfide) groups is 1. The van der Waals surface area contributed by atoms with Crippen LogP contribution in [0, 0.1) is 0 Å². The molecule has 0 bridgehead atoms. The van der Waals surface area contributed by atoms with Gasteiger partial charge in [-0.1, -0.05) is 18.2 Å². The van der Waals surface area contributed by atoms with Crippen LogP contribution in [0.2, 0.25) is 0 Å². The number of ether oxygens (including phenoxy) is 5. The molecule has 2 atom stereocenters. The summed E-state index contributed by atoms with van der Waals surface area (Å²) in [4.78, 5) is 14.3. The SMILES string of the molecule is COC[C@@H]1CCCN1/N=C/[C@@](Cc1cc(OC)c(OC)c(OC)c1)(Sc1ccccc1)C(=O)OC. The molecule has 190 valence electrons. The Hall–Kier alpha value is -2.91. The molecule has 1 aliphatic rings. The van der Waals surface area contributed by atoms with Crippen LogP contribution in [0.3, 0.4) is 0 Å². The van der Waals surface area contributed by atoms with Gasteiger partial charge in [-0.3, -0.25) is 9.80 Å². The highest BCUT2D eigenvalue weighted by Gasteiger charge is 2.41. The van der Waals surface area contributed by atoms with Crippen molar-refractivity contribution in [2.24, 2.45) is 5.10 Å². The van der Waals surface area contributed by atoms with E-state index in [0.717, 1.165) is 29.8 Å². The lowest BCUT2D eigenvalue weighted by atomic mass is 9.98. The van der Waals surface area contributed by atoms with Gasteiger partial charge >= 0.3 is 5.97 Å². The number of hydrogen-bond donors (Lipinski definition) is 0. The van der Waals surface area contributed by atoms with E-state index in [2.05, 4.69) is 0 Å². The van der Waals surface area contributed by atoms with E-state index >= 15 is 0 Å². The lowest BCUT2D eigenvalue weighted by Gasteiger charge is -2.29. The first-order valence-corrected chi connectivity index (χ1v) is 12.2. The zero-order valence-corrected chi connectivity index (χ0v) is 21.8. The standard InChI is InChI=1S/C26H34N2O6S/c1-30-17-20-10-9-13-28(20)27-18-26(25(29)34-5,35-21-11-7-6-8-12-21)16-19-14-22(31-2)24(33-4)23(15-19)32-3/h6-8,11-12,14-15,18,20H,9-10,13,16-17H2,1-5H3/b27-18+/t20-,26+/m0/s1. The minimum Gasteiger partial charge on any atom is -0.493 e. The maximum atomic E-state index is 13.4. The number of hydrazone groups is 1. The number of rotatable bonds is 12. The topological polar surface area (TPSA) is 78.8 Å². The van der Waals surface area contributed by atoms with Gasteiger partial charge in [0.05, 0.1) is 47.3 Å². The maximum Gasteiger partial charge on any atom is 0.328 e. The van der Waals surface area contributed by atoms with Crippen molar-refractivity contribution in [3.8, 4) is 17.2 Å². The molecular formula is C26H34N2O6S. The average Bonchev–Trinajstić information content (AvgIpc) is 3.33. The average molecular weight is 503 g/mol. The summed E-state index contributed by atoms with van der Waals surface area (Å²) in [5.41, 5.74) is 0.814. The first-order chi connectivity index (χ1) is 17.0. The zero-order chi connectivity index (χ0) is 25.3. The van der Waals surface area contributed by atoms with E-state index < -0.39 is 10.7 Å². The van der Waals surface area contributed by atoms with Crippen LogP contribution in [-0.2, 0) is 20.7 Å². The van der Waals surface area contributed by atoms with Gasteiger partial charge in [-0.2, -0.15) is 5.10 Å². The summed E-state index contributed by atoms with van der Waals surface area (Å²) in [6.45, 7) is 1.39. The van der Waals surface area contributed by atoms with Gasteiger partial charge in [-0.05, 0) is 42.7 Å². The minimum atomic E-state index is -1.14. The van der Waals surface area contributed by atoms with Crippen molar-refractivity contribution in [2.75, 3.05) is 48.7 Å². The van der Waals surface area contributed by atoms with Crippen molar-refractivity contribution in [1.82, 2.24) is 5.01 Å². The van der Waals surface area contributed by atoms with Crippen LogP contribution in [0.5, 0.6) is 17.2 Å².